The predicted octanol–water partition coefficient (Wildman–Crippen LogP) is 3.43. The van der Waals surface area contributed by atoms with Crippen molar-refractivity contribution in [3.05, 3.63) is 0 Å². The van der Waals surface area contributed by atoms with Crippen molar-refractivity contribution in [2.75, 3.05) is 0 Å². The minimum Gasteiger partial charge on any atom is -0.299 e. The SMILES string of the molecule is CCC(=O)C1CC(C)CC(C)(C)C1. The Morgan fingerprint density at radius 2 is 2.00 bits per heavy atom. The molecular weight excluding hydrogens is 160 g/mol. The van der Waals surface area contributed by atoms with Crippen LogP contribution in [0.1, 0.15) is 53.4 Å². The van der Waals surface area contributed by atoms with Crippen molar-refractivity contribution in [2.45, 2.75) is 53.4 Å². The molecule has 2 atom stereocenters. The number of carbonyl (C=O) groups is 1. The highest BCUT2D eigenvalue weighted by molar-refractivity contribution is 5.80. The van der Waals surface area contributed by atoms with Crippen LogP contribution in [0.5, 0.6) is 0 Å². The van der Waals surface area contributed by atoms with Gasteiger partial charge in [-0.3, -0.25) is 4.79 Å². The van der Waals surface area contributed by atoms with Crippen LogP contribution >= 0.6 is 0 Å². The first-order valence-corrected chi connectivity index (χ1v) is 5.47. The fourth-order valence-corrected chi connectivity index (χ4v) is 2.88. The summed E-state index contributed by atoms with van der Waals surface area (Å²) >= 11 is 0. The Bertz CT molecular complexity index is 193. The highest BCUT2D eigenvalue weighted by Crippen LogP contribution is 2.42. The Morgan fingerprint density at radius 3 is 2.46 bits per heavy atom. The van der Waals surface area contributed by atoms with Gasteiger partial charge in [0.2, 0.25) is 0 Å². The van der Waals surface area contributed by atoms with E-state index >= 15 is 0 Å². The average molecular weight is 182 g/mol. The van der Waals surface area contributed by atoms with E-state index in [4.69, 9.17) is 0 Å². The maximum absolute atomic E-state index is 11.6. The van der Waals surface area contributed by atoms with Gasteiger partial charge < -0.3 is 0 Å². The van der Waals surface area contributed by atoms with Gasteiger partial charge in [-0.1, -0.05) is 27.7 Å². The molecule has 13 heavy (non-hydrogen) atoms. The van der Waals surface area contributed by atoms with Crippen LogP contribution in [0.4, 0.5) is 0 Å². The van der Waals surface area contributed by atoms with Gasteiger partial charge in [0.15, 0.2) is 0 Å². The second kappa shape index (κ2) is 3.81. The summed E-state index contributed by atoms with van der Waals surface area (Å²) in [5.74, 6) is 1.55. The predicted molar refractivity (Wildman–Crippen MR) is 55.6 cm³/mol. The third-order valence-corrected chi connectivity index (χ3v) is 3.19. The Labute approximate surface area is 81.9 Å². The summed E-state index contributed by atoms with van der Waals surface area (Å²) in [4.78, 5) is 11.6. The van der Waals surface area contributed by atoms with E-state index in [1.807, 2.05) is 6.92 Å². The topological polar surface area (TPSA) is 17.1 Å². The fraction of sp³-hybridized carbons (Fsp3) is 0.917. The Morgan fingerprint density at radius 1 is 1.38 bits per heavy atom. The third-order valence-electron chi connectivity index (χ3n) is 3.19. The zero-order chi connectivity index (χ0) is 10.1. The number of ketones is 1. The first-order valence-electron chi connectivity index (χ1n) is 5.47. The monoisotopic (exact) mass is 182 g/mol. The standard InChI is InChI=1S/C12H22O/c1-5-11(13)10-6-9(2)7-12(3,4)8-10/h9-10H,5-8H2,1-4H3. The molecule has 0 aliphatic heterocycles. The summed E-state index contributed by atoms with van der Waals surface area (Å²) in [5.41, 5.74) is 0.382. The van der Waals surface area contributed by atoms with Crippen LogP contribution in [0.2, 0.25) is 0 Å². The molecule has 1 aliphatic carbocycles. The zero-order valence-electron chi connectivity index (χ0n) is 9.39. The second-order valence-electron chi connectivity index (χ2n) is 5.43. The van der Waals surface area contributed by atoms with E-state index in [9.17, 15) is 4.79 Å². The average Bonchev–Trinajstić information content (AvgIpc) is 1.99. The Hall–Kier alpha value is -0.330. The van der Waals surface area contributed by atoms with Crippen LogP contribution in [-0.4, -0.2) is 5.78 Å². The molecule has 1 heteroatoms. The van der Waals surface area contributed by atoms with Crippen molar-refractivity contribution in [3.8, 4) is 0 Å². The zero-order valence-corrected chi connectivity index (χ0v) is 9.39. The summed E-state index contributed by atoms with van der Waals surface area (Å²) in [5, 5.41) is 0. The summed E-state index contributed by atoms with van der Waals surface area (Å²) in [6.07, 6.45) is 4.22. The molecule has 0 aromatic carbocycles. The van der Waals surface area contributed by atoms with E-state index in [0.717, 1.165) is 18.8 Å². The van der Waals surface area contributed by atoms with Gasteiger partial charge in [0.05, 0.1) is 0 Å². The van der Waals surface area contributed by atoms with Gasteiger partial charge in [-0.2, -0.15) is 0 Å². The smallest absolute Gasteiger partial charge is 0.135 e. The number of rotatable bonds is 2. The van der Waals surface area contributed by atoms with Crippen molar-refractivity contribution in [1.82, 2.24) is 0 Å². The molecule has 0 aromatic heterocycles. The van der Waals surface area contributed by atoms with Crippen LogP contribution in [-0.2, 0) is 4.79 Å². The maximum atomic E-state index is 11.6. The van der Waals surface area contributed by atoms with Gasteiger partial charge in [-0.25, -0.2) is 0 Å². The molecule has 0 aromatic rings. The molecule has 0 amide bonds. The lowest BCUT2D eigenvalue weighted by Crippen LogP contribution is -2.31. The van der Waals surface area contributed by atoms with Crippen LogP contribution in [0.3, 0.4) is 0 Å². The lowest BCUT2D eigenvalue weighted by molar-refractivity contribution is -0.125. The molecule has 76 valence electrons. The molecule has 1 nitrogen and oxygen atoms in total. The van der Waals surface area contributed by atoms with E-state index in [1.165, 1.54) is 6.42 Å². The quantitative estimate of drug-likeness (QED) is 0.639. The molecule has 0 spiro atoms. The highest BCUT2D eigenvalue weighted by Gasteiger charge is 2.34. The van der Waals surface area contributed by atoms with Crippen LogP contribution in [0.15, 0.2) is 0 Å². The van der Waals surface area contributed by atoms with E-state index in [0.29, 0.717) is 23.5 Å². The normalized spacial score (nSPS) is 32.9. The summed E-state index contributed by atoms with van der Waals surface area (Å²) in [6.45, 7) is 8.84. The van der Waals surface area contributed by atoms with Gasteiger partial charge >= 0.3 is 0 Å². The van der Waals surface area contributed by atoms with E-state index in [1.54, 1.807) is 0 Å². The molecular formula is C12H22O. The summed E-state index contributed by atoms with van der Waals surface area (Å²) < 4.78 is 0. The Kier molecular flexibility index (Phi) is 3.15. The second-order valence-corrected chi connectivity index (χ2v) is 5.43. The van der Waals surface area contributed by atoms with Crippen LogP contribution in [0.25, 0.3) is 0 Å². The number of hydrogen-bond acceptors (Lipinski definition) is 1. The van der Waals surface area contributed by atoms with Gasteiger partial charge in [0.1, 0.15) is 5.78 Å². The molecule has 1 rings (SSSR count). The summed E-state index contributed by atoms with van der Waals surface area (Å²) in [7, 11) is 0. The minimum atomic E-state index is 0.351. The lowest BCUT2D eigenvalue weighted by atomic mass is 9.67. The van der Waals surface area contributed by atoms with Gasteiger partial charge in [0.25, 0.3) is 0 Å². The number of hydrogen-bond donors (Lipinski definition) is 0. The molecule has 0 N–H and O–H groups in total. The first-order chi connectivity index (χ1) is 5.94. The van der Waals surface area contributed by atoms with Gasteiger partial charge in [0, 0.05) is 12.3 Å². The van der Waals surface area contributed by atoms with Crippen molar-refractivity contribution in [1.29, 1.82) is 0 Å². The summed E-state index contributed by atoms with van der Waals surface area (Å²) in [6, 6.07) is 0. The van der Waals surface area contributed by atoms with E-state index in [2.05, 4.69) is 20.8 Å². The molecule has 0 radical (unpaired) electrons. The molecule has 1 aliphatic rings. The lowest BCUT2D eigenvalue weighted by Gasteiger charge is -2.38. The minimum absolute atomic E-state index is 0.351. The van der Waals surface area contributed by atoms with E-state index < -0.39 is 0 Å². The highest BCUT2D eigenvalue weighted by atomic mass is 16.1. The molecule has 1 fully saturated rings. The van der Waals surface area contributed by atoms with Crippen molar-refractivity contribution < 1.29 is 4.79 Å². The van der Waals surface area contributed by atoms with Gasteiger partial charge in [-0.05, 0) is 30.6 Å². The molecule has 1 saturated carbocycles. The molecule has 0 heterocycles. The van der Waals surface area contributed by atoms with E-state index in [-0.39, 0.29) is 0 Å². The Balaban J connectivity index is 2.62. The van der Waals surface area contributed by atoms with Crippen LogP contribution in [0, 0.1) is 17.3 Å². The number of carbonyl (C=O) groups excluding carboxylic acids is 1. The third kappa shape index (κ3) is 2.82. The van der Waals surface area contributed by atoms with Crippen LogP contribution < -0.4 is 0 Å². The largest absolute Gasteiger partial charge is 0.299 e. The number of Topliss-reactive ketones (excluding diaryl/α,β-unsaturated/α-hetero) is 1. The maximum Gasteiger partial charge on any atom is 0.135 e. The molecule has 0 saturated heterocycles. The van der Waals surface area contributed by atoms with Crippen molar-refractivity contribution >= 4 is 5.78 Å². The van der Waals surface area contributed by atoms with Gasteiger partial charge in [-0.15, -0.1) is 0 Å². The molecule has 2 unspecified atom stereocenters. The fourth-order valence-electron chi connectivity index (χ4n) is 2.88. The van der Waals surface area contributed by atoms with Crippen molar-refractivity contribution in [3.63, 3.8) is 0 Å². The van der Waals surface area contributed by atoms with Crippen molar-refractivity contribution in [2.24, 2.45) is 17.3 Å². The molecule has 0 bridgehead atoms. The first kappa shape index (κ1) is 10.7.